The first-order chi connectivity index (χ1) is 8.72. The predicted octanol–water partition coefficient (Wildman–Crippen LogP) is 4.02. The van der Waals surface area contributed by atoms with Crippen molar-refractivity contribution in [1.82, 2.24) is 4.98 Å². The molecule has 1 aromatic carbocycles. The lowest BCUT2D eigenvalue weighted by atomic mass is 10.2. The van der Waals surface area contributed by atoms with E-state index >= 15 is 0 Å². The molecule has 0 saturated heterocycles. The molecular formula is C14H18N2OS. The fraction of sp³-hybridized carbons (Fsp3) is 0.357. The Hall–Kier alpha value is -1.55. The third kappa shape index (κ3) is 2.82. The molecule has 2 rings (SSSR count). The molecule has 4 heteroatoms. The lowest BCUT2D eigenvalue weighted by Gasteiger charge is -2.17. The van der Waals surface area contributed by atoms with Crippen LogP contribution in [0.1, 0.15) is 30.5 Å². The first kappa shape index (κ1) is 12.9. The highest BCUT2D eigenvalue weighted by Crippen LogP contribution is 2.30. The van der Waals surface area contributed by atoms with Crippen LogP contribution in [0.2, 0.25) is 0 Å². The van der Waals surface area contributed by atoms with Crippen molar-refractivity contribution < 1.29 is 4.74 Å². The van der Waals surface area contributed by atoms with E-state index in [1.807, 2.05) is 43.6 Å². The maximum Gasteiger partial charge on any atom is 0.142 e. The molecule has 0 aliphatic heterocycles. The van der Waals surface area contributed by atoms with E-state index in [0.29, 0.717) is 6.61 Å². The highest BCUT2D eigenvalue weighted by Gasteiger charge is 2.12. The molecule has 0 bridgehead atoms. The minimum absolute atomic E-state index is 0.235. The fourth-order valence-electron chi connectivity index (χ4n) is 1.89. The predicted molar refractivity (Wildman–Crippen MR) is 76.5 cm³/mol. The van der Waals surface area contributed by atoms with Crippen molar-refractivity contribution in [3.63, 3.8) is 0 Å². The van der Waals surface area contributed by atoms with Crippen molar-refractivity contribution in [2.45, 2.75) is 26.8 Å². The van der Waals surface area contributed by atoms with Gasteiger partial charge in [0.1, 0.15) is 5.75 Å². The zero-order chi connectivity index (χ0) is 13.0. The summed E-state index contributed by atoms with van der Waals surface area (Å²) < 4.78 is 5.61. The number of aryl methyl sites for hydroxylation is 1. The molecule has 1 N–H and O–H groups in total. The summed E-state index contributed by atoms with van der Waals surface area (Å²) in [6.45, 7) is 6.85. The standard InChI is InChI=1S/C14H18N2OS/c1-4-17-13-8-6-5-7-12(13)16-11(3)14-10(2)15-9-18-14/h5-9,11,16H,4H2,1-3H3. The van der Waals surface area contributed by atoms with Gasteiger partial charge < -0.3 is 10.1 Å². The summed E-state index contributed by atoms with van der Waals surface area (Å²) in [5.74, 6) is 0.897. The summed E-state index contributed by atoms with van der Waals surface area (Å²) in [5.41, 5.74) is 4.01. The largest absolute Gasteiger partial charge is 0.492 e. The highest BCUT2D eigenvalue weighted by atomic mass is 32.1. The van der Waals surface area contributed by atoms with Crippen molar-refractivity contribution in [2.75, 3.05) is 11.9 Å². The van der Waals surface area contributed by atoms with Crippen LogP contribution in [0.4, 0.5) is 5.69 Å². The second-order valence-corrected chi connectivity index (χ2v) is 4.98. The summed E-state index contributed by atoms with van der Waals surface area (Å²) in [5, 5.41) is 3.48. The summed E-state index contributed by atoms with van der Waals surface area (Å²) >= 11 is 1.68. The van der Waals surface area contributed by atoms with E-state index in [9.17, 15) is 0 Å². The van der Waals surface area contributed by atoms with Gasteiger partial charge in [0.2, 0.25) is 0 Å². The van der Waals surface area contributed by atoms with Crippen LogP contribution in [0.25, 0.3) is 0 Å². The van der Waals surface area contributed by atoms with E-state index in [1.54, 1.807) is 11.3 Å². The van der Waals surface area contributed by atoms with Crippen molar-refractivity contribution in [2.24, 2.45) is 0 Å². The minimum Gasteiger partial charge on any atom is -0.492 e. The van der Waals surface area contributed by atoms with Crippen LogP contribution in [0.15, 0.2) is 29.8 Å². The number of para-hydroxylation sites is 2. The highest BCUT2D eigenvalue weighted by molar-refractivity contribution is 7.09. The molecule has 0 radical (unpaired) electrons. The molecule has 0 amide bonds. The Morgan fingerprint density at radius 3 is 2.83 bits per heavy atom. The molecule has 0 aliphatic carbocycles. The Labute approximate surface area is 112 Å². The van der Waals surface area contributed by atoms with E-state index < -0.39 is 0 Å². The zero-order valence-corrected chi connectivity index (χ0v) is 11.8. The number of benzene rings is 1. The second kappa shape index (κ2) is 5.87. The zero-order valence-electron chi connectivity index (χ0n) is 10.9. The maximum absolute atomic E-state index is 5.61. The van der Waals surface area contributed by atoms with E-state index in [1.165, 1.54) is 4.88 Å². The topological polar surface area (TPSA) is 34.1 Å². The molecule has 1 atom stereocenters. The van der Waals surface area contributed by atoms with E-state index in [2.05, 4.69) is 17.2 Å². The van der Waals surface area contributed by atoms with Gasteiger partial charge in [0.25, 0.3) is 0 Å². The maximum atomic E-state index is 5.61. The van der Waals surface area contributed by atoms with Crippen LogP contribution in [-0.4, -0.2) is 11.6 Å². The summed E-state index contributed by atoms with van der Waals surface area (Å²) in [7, 11) is 0. The van der Waals surface area contributed by atoms with Gasteiger partial charge in [0.15, 0.2) is 0 Å². The normalized spacial score (nSPS) is 12.2. The van der Waals surface area contributed by atoms with Crippen LogP contribution < -0.4 is 10.1 Å². The van der Waals surface area contributed by atoms with Crippen LogP contribution >= 0.6 is 11.3 Å². The van der Waals surface area contributed by atoms with Gasteiger partial charge in [-0.1, -0.05) is 12.1 Å². The van der Waals surface area contributed by atoms with Gasteiger partial charge in [-0.3, -0.25) is 0 Å². The number of anilines is 1. The Kier molecular flexibility index (Phi) is 4.20. The molecule has 0 fully saturated rings. The summed E-state index contributed by atoms with van der Waals surface area (Å²) in [4.78, 5) is 5.55. The van der Waals surface area contributed by atoms with Crippen LogP contribution in [-0.2, 0) is 0 Å². The third-order valence-electron chi connectivity index (χ3n) is 2.73. The number of thiazole rings is 1. The van der Waals surface area contributed by atoms with Crippen LogP contribution in [0, 0.1) is 6.92 Å². The molecule has 1 aromatic heterocycles. The number of aromatic nitrogens is 1. The molecule has 2 aromatic rings. The quantitative estimate of drug-likeness (QED) is 0.883. The molecule has 0 saturated carbocycles. The first-order valence-electron chi connectivity index (χ1n) is 6.10. The Balaban J connectivity index is 2.16. The van der Waals surface area contributed by atoms with Gasteiger partial charge in [-0.05, 0) is 32.9 Å². The molecule has 0 spiro atoms. The van der Waals surface area contributed by atoms with Gasteiger partial charge in [0, 0.05) is 4.88 Å². The average Bonchev–Trinajstić information content (AvgIpc) is 2.78. The van der Waals surface area contributed by atoms with E-state index in [0.717, 1.165) is 17.1 Å². The van der Waals surface area contributed by atoms with Crippen molar-refractivity contribution >= 4 is 17.0 Å². The molecule has 1 heterocycles. The molecule has 96 valence electrons. The smallest absolute Gasteiger partial charge is 0.142 e. The minimum atomic E-state index is 0.235. The van der Waals surface area contributed by atoms with Crippen LogP contribution in [0.3, 0.4) is 0 Å². The first-order valence-corrected chi connectivity index (χ1v) is 6.98. The number of ether oxygens (including phenoxy) is 1. The molecule has 18 heavy (non-hydrogen) atoms. The molecular weight excluding hydrogens is 244 g/mol. The van der Waals surface area contributed by atoms with Gasteiger partial charge in [0.05, 0.1) is 29.5 Å². The van der Waals surface area contributed by atoms with Crippen LogP contribution in [0.5, 0.6) is 5.75 Å². The van der Waals surface area contributed by atoms with Crippen molar-refractivity contribution in [3.8, 4) is 5.75 Å². The monoisotopic (exact) mass is 262 g/mol. The Morgan fingerprint density at radius 2 is 2.17 bits per heavy atom. The number of nitrogens with one attached hydrogen (secondary N) is 1. The van der Waals surface area contributed by atoms with Gasteiger partial charge in [-0.25, -0.2) is 4.98 Å². The molecule has 0 aliphatic rings. The second-order valence-electron chi connectivity index (χ2n) is 4.10. The Bertz CT molecular complexity index is 510. The van der Waals surface area contributed by atoms with Gasteiger partial charge in [-0.2, -0.15) is 0 Å². The lowest BCUT2D eigenvalue weighted by molar-refractivity contribution is 0.341. The van der Waals surface area contributed by atoms with Crippen molar-refractivity contribution in [3.05, 3.63) is 40.3 Å². The number of rotatable bonds is 5. The molecule has 1 unspecified atom stereocenters. The third-order valence-corrected chi connectivity index (χ3v) is 3.85. The number of hydrogen-bond acceptors (Lipinski definition) is 4. The SMILES string of the molecule is CCOc1ccccc1NC(C)c1scnc1C. The van der Waals surface area contributed by atoms with E-state index in [4.69, 9.17) is 4.74 Å². The fourth-order valence-corrected chi connectivity index (χ4v) is 2.70. The van der Waals surface area contributed by atoms with E-state index in [-0.39, 0.29) is 6.04 Å². The number of nitrogens with zero attached hydrogens (tertiary/aromatic N) is 1. The summed E-state index contributed by atoms with van der Waals surface area (Å²) in [6.07, 6.45) is 0. The van der Waals surface area contributed by atoms with Crippen molar-refractivity contribution in [1.29, 1.82) is 0 Å². The molecule has 3 nitrogen and oxygen atoms in total. The van der Waals surface area contributed by atoms with Gasteiger partial charge >= 0.3 is 0 Å². The lowest BCUT2D eigenvalue weighted by Crippen LogP contribution is -2.08. The average molecular weight is 262 g/mol. The summed E-state index contributed by atoms with van der Waals surface area (Å²) in [6, 6.07) is 8.25. The van der Waals surface area contributed by atoms with Gasteiger partial charge in [-0.15, -0.1) is 11.3 Å². The Morgan fingerprint density at radius 1 is 1.39 bits per heavy atom. The number of hydrogen-bond donors (Lipinski definition) is 1.